The van der Waals surface area contributed by atoms with Crippen LogP contribution in [0.3, 0.4) is 0 Å². The van der Waals surface area contributed by atoms with E-state index < -0.39 is 0 Å². The molecule has 1 atom stereocenters. The molecular formula is C13H25NO. The predicted octanol–water partition coefficient (Wildman–Crippen LogP) is 2.77. The van der Waals surface area contributed by atoms with Crippen LogP contribution in [0.15, 0.2) is 0 Å². The molecule has 0 aromatic rings. The van der Waals surface area contributed by atoms with E-state index in [2.05, 4.69) is 26.1 Å². The van der Waals surface area contributed by atoms with Crippen LogP contribution in [0, 0.1) is 11.3 Å². The van der Waals surface area contributed by atoms with Crippen LogP contribution in [-0.4, -0.2) is 18.9 Å². The molecule has 1 fully saturated rings. The summed E-state index contributed by atoms with van der Waals surface area (Å²) >= 11 is 0. The van der Waals surface area contributed by atoms with Gasteiger partial charge in [0.1, 0.15) is 5.78 Å². The van der Waals surface area contributed by atoms with Crippen molar-refractivity contribution in [1.82, 2.24) is 5.32 Å². The van der Waals surface area contributed by atoms with E-state index in [0.717, 1.165) is 44.7 Å². The lowest BCUT2D eigenvalue weighted by molar-refractivity contribution is -0.128. The molecule has 0 bridgehead atoms. The smallest absolute Gasteiger partial charge is 0.140 e. The molecule has 0 saturated carbocycles. The largest absolute Gasteiger partial charge is 0.316 e. The molecule has 1 unspecified atom stereocenters. The molecule has 15 heavy (non-hydrogen) atoms. The van der Waals surface area contributed by atoms with Crippen molar-refractivity contribution in [3.05, 3.63) is 0 Å². The van der Waals surface area contributed by atoms with E-state index in [1.165, 1.54) is 6.42 Å². The van der Waals surface area contributed by atoms with Crippen LogP contribution in [0.1, 0.15) is 52.9 Å². The summed E-state index contributed by atoms with van der Waals surface area (Å²) in [7, 11) is 0. The van der Waals surface area contributed by atoms with Gasteiger partial charge in [0.25, 0.3) is 0 Å². The van der Waals surface area contributed by atoms with Gasteiger partial charge in [0.15, 0.2) is 0 Å². The van der Waals surface area contributed by atoms with Crippen molar-refractivity contribution in [2.24, 2.45) is 11.3 Å². The van der Waals surface area contributed by atoms with Crippen LogP contribution in [0.4, 0.5) is 0 Å². The maximum Gasteiger partial charge on any atom is 0.140 e. The summed E-state index contributed by atoms with van der Waals surface area (Å²) in [5, 5.41) is 3.32. The van der Waals surface area contributed by atoms with E-state index in [4.69, 9.17) is 0 Å². The van der Waals surface area contributed by atoms with Gasteiger partial charge in [-0.1, -0.05) is 27.2 Å². The van der Waals surface area contributed by atoms with Crippen molar-refractivity contribution in [3.8, 4) is 0 Å². The first-order valence-electron chi connectivity index (χ1n) is 6.35. The topological polar surface area (TPSA) is 29.1 Å². The molecule has 0 amide bonds. The number of rotatable bonds is 6. The third-order valence-corrected chi connectivity index (χ3v) is 3.70. The Bertz CT molecular complexity index is 205. The van der Waals surface area contributed by atoms with Gasteiger partial charge in [0, 0.05) is 18.4 Å². The van der Waals surface area contributed by atoms with Crippen molar-refractivity contribution in [2.75, 3.05) is 13.1 Å². The fraction of sp³-hybridized carbons (Fsp3) is 0.923. The quantitative estimate of drug-likeness (QED) is 0.732. The van der Waals surface area contributed by atoms with Gasteiger partial charge in [-0.25, -0.2) is 0 Å². The second kappa shape index (κ2) is 5.64. The number of nitrogens with one attached hydrogen (secondary N) is 1. The van der Waals surface area contributed by atoms with Crippen LogP contribution in [0.5, 0.6) is 0 Å². The number of hydrogen-bond donors (Lipinski definition) is 1. The first kappa shape index (κ1) is 12.7. The average Bonchev–Trinajstić information content (AvgIpc) is 2.66. The molecule has 1 aliphatic rings. The van der Waals surface area contributed by atoms with Crippen molar-refractivity contribution in [3.63, 3.8) is 0 Å². The molecule has 0 aliphatic carbocycles. The van der Waals surface area contributed by atoms with Gasteiger partial charge in [-0.3, -0.25) is 4.79 Å². The Morgan fingerprint density at radius 3 is 2.67 bits per heavy atom. The van der Waals surface area contributed by atoms with Gasteiger partial charge < -0.3 is 5.32 Å². The van der Waals surface area contributed by atoms with E-state index in [-0.39, 0.29) is 5.41 Å². The summed E-state index contributed by atoms with van der Waals surface area (Å²) in [6.45, 7) is 8.51. The van der Waals surface area contributed by atoms with Crippen LogP contribution in [0.2, 0.25) is 0 Å². The van der Waals surface area contributed by atoms with Gasteiger partial charge in [-0.2, -0.15) is 0 Å². The lowest BCUT2D eigenvalue weighted by Gasteiger charge is -2.24. The van der Waals surface area contributed by atoms with Crippen molar-refractivity contribution in [1.29, 1.82) is 0 Å². The number of hydrogen-bond acceptors (Lipinski definition) is 2. The van der Waals surface area contributed by atoms with E-state index in [1.807, 2.05) is 0 Å². The lowest BCUT2D eigenvalue weighted by Crippen LogP contribution is -2.32. The summed E-state index contributed by atoms with van der Waals surface area (Å²) in [5.74, 6) is 1.22. The Labute approximate surface area is 93.8 Å². The number of carbonyl (C=O) groups is 1. The molecule has 1 aliphatic heterocycles. The number of Topliss-reactive ketones (excluding diaryl/α,β-unsaturated/α-hetero) is 1. The highest BCUT2D eigenvalue weighted by atomic mass is 16.1. The Hall–Kier alpha value is -0.370. The maximum absolute atomic E-state index is 12.1. The van der Waals surface area contributed by atoms with Gasteiger partial charge in [0.2, 0.25) is 0 Å². The lowest BCUT2D eigenvalue weighted by atomic mass is 9.78. The van der Waals surface area contributed by atoms with Crippen LogP contribution >= 0.6 is 0 Å². The van der Waals surface area contributed by atoms with Crippen molar-refractivity contribution >= 4 is 5.78 Å². The van der Waals surface area contributed by atoms with E-state index >= 15 is 0 Å². The Morgan fingerprint density at radius 2 is 2.20 bits per heavy atom. The summed E-state index contributed by atoms with van der Waals surface area (Å²) in [6, 6.07) is 0. The SMILES string of the molecule is CCC1(C(=O)CCCC(C)C)CCNC1. The van der Waals surface area contributed by atoms with Gasteiger partial charge in [0.05, 0.1) is 0 Å². The molecule has 1 N–H and O–H groups in total. The zero-order valence-electron chi connectivity index (χ0n) is 10.4. The Morgan fingerprint density at radius 1 is 1.47 bits per heavy atom. The first-order valence-corrected chi connectivity index (χ1v) is 6.35. The third-order valence-electron chi connectivity index (χ3n) is 3.70. The fourth-order valence-corrected chi connectivity index (χ4v) is 2.42. The van der Waals surface area contributed by atoms with E-state index in [1.54, 1.807) is 0 Å². The molecule has 88 valence electrons. The molecule has 1 saturated heterocycles. The van der Waals surface area contributed by atoms with Crippen LogP contribution < -0.4 is 5.32 Å². The van der Waals surface area contributed by atoms with Crippen molar-refractivity contribution < 1.29 is 4.79 Å². The highest BCUT2D eigenvalue weighted by Crippen LogP contribution is 2.32. The molecule has 0 radical (unpaired) electrons. The average molecular weight is 211 g/mol. The standard InChI is InChI=1S/C13H25NO/c1-4-13(8-9-14-10-13)12(15)7-5-6-11(2)3/h11,14H,4-10H2,1-3H3. The predicted molar refractivity (Wildman–Crippen MR) is 63.9 cm³/mol. The van der Waals surface area contributed by atoms with E-state index in [0.29, 0.717) is 5.78 Å². The Kier molecular flexibility index (Phi) is 4.78. The number of ketones is 1. The minimum absolute atomic E-state index is 0.0169. The minimum atomic E-state index is -0.0169. The van der Waals surface area contributed by atoms with Crippen molar-refractivity contribution in [2.45, 2.75) is 52.9 Å². The second-order valence-electron chi connectivity index (χ2n) is 5.27. The van der Waals surface area contributed by atoms with Gasteiger partial charge >= 0.3 is 0 Å². The zero-order valence-corrected chi connectivity index (χ0v) is 10.4. The highest BCUT2D eigenvalue weighted by molar-refractivity contribution is 5.85. The molecular weight excluding hydrogens is 186 g/mol. The molecule has 2 nitrogen and oxygen atoms in total. The summed E-state index contributed by atoms with van der Waals surface area (Å²) < 4.78 is 0. The Balaban J connectivity index is 2.37. The summed E-state index contributed by atoms with van der Waals surface area (Å²) in [5.41, 5.74) is -0.0169. The third kappa shape index (κ3) is 3.30. The number of carbonyl (C=O) groups excluding carboxylic acids is 1. The molecule has 2 heteroatoms. The van der Waals surface area contributed by atoms with Crippen LogP contribution in [0.25, 0.3) is 0 Å². The summed E-state index contributed by atoms with van der Waals surface area (Å²) in [4.78, 5) is 12.1. The molecule has 0 aromatic heterocycles. The van der Waals surface area contributed by atoms with E-state index in [9.17, 15) is 4.79 Å². The van der Waals surface area contributed by atoms with Crippen LogP contribution in [-0.2, 0) is 4.79 Å². The molecule has 0 aromatic carbocycles. The monoisotopic (exact) mass is 211 g/mol. The zero-order chi connectivity index (χ0) is 11.3. The maximum atomic E-state index is 12.1. The summed E-state index contributed by atoms with van der Waals surface area (Å²) in [6.07, 6.45) is 5.08. The van der Waals surface area contributed by atoms with Gasteiger partial charge in [-0.15, -0.1) is 0 Å². The molecule has 0 spiro atoms. The highest BCUT2D eigenvalue weighted by Gasteiger charge is 2.38. The second-order valence-corrected chi connectivity index (χ2v) is 5.27. The molecule has 1 heterocycles. The van der Waals surface area contributed by atoms with Gasteiger partial charge in [-0.05, 0) is 31.7 Å². The normalized spacial score (nSPS) is 26.1. The molecule has 1 rings (SSSR count). The minimum Gasteiger partial charge on any atom is -0.316 e. The fourth-order valence-electron chi connectivity index (χ4n) is 2.42. The first-order chi connectivity index (χ1) is 7.10.